The fourth-order valence-electron chi connectivity index (χ4n) is 1.05. The molecule has 0 aliphatic carbocycles. The zero-order valence-electron chi connectivity index (χ0n) is 8.25. The van der Waals surface area contributed by atoms with Crippen LogP contribution in [-0.4, -0.2) is 30.7 Å². The Bertz CT molecular complexity index is 136. The molecular formula is C9H20N2O2. The first kappa shape index (κ1) is 12.4. The van der Waals surface area contributed by atoms with Gasteiger partial charge in [-0.3, -0.25) is 4.79 Å². The van der Waals surface area contributed by atoms with E-state index in [-0.39, 0.29) is 18.4 Å². The molecule has 0 radical (unpaired) electrons. The molecule has 4 heteroatoms. The van der Waals surface area contributed by atoms with Crippen LogP contribution in [0.4, 0.5) is 0 Å². The van der Waals surface area contributed by atoms with Gasteiger partial charge in [0.1, 0.15) is 0 Å². The number of nitrogens with one attached hydrogen (secondary N) is 1. The molecule has 0 rings (SSSR count). The molecular weight excluding hydrogens is 168 g/mol. The Balaban J connectivity index is 3.48. The average molecular weight is 188 g/mol. The smallest absolute Gasteiger partial charge is 0.224 e. The van der Waals surface area contributed by atoms with Gasteiger partial charge in [-0.1, -0.05) is 6.92 Å². The summed E-state index contributed by atoms with van der Waals surface area (Å²) in [5.74, 6) is -0.0305. The third-order valence-electron chi connectivity index (χ3n) is 2.03. The van der Waals surface area contributed by atoms with E-state index in [9.17, 15) is 4.79 Å². The summed E-state index contributed by atoms with van der Waals surface area (Å²) in [6.07, 6.45) is 2.34. The first-order chi connectivity index (χ1) is 6.26. The fourth-order valence-corrected chi connectivity index (χ4v) is 1.05. The third-order valence-corrected chi connectivity index (χ3v) is 2.03. The molecule has 0 aliphatic rings. The lowest BCUT2D eigenvalue weighted by Gasteiger charge is -2.11. The summed E-state index contributed by atoms with van der Waals surface area (Å²) in [6, 6.07) is 0. The maximum Gasteiger partial charge on any atom is 0.224 e. The van der Waals surface area contributed by atoms with Crippen molar-refractivity contribution in [1.29, 1.82) is 0 Å². The zero-order valence-corrected chi connectivity index (χ0v) is 8.25. The highest BCUT2D eigenvalue weighted by Crippen LogP contribution is 1.99. The molecule has 1 atom stereocenters. The first-order valence-electron chi connectivity index (χ1n) is 4.84. The lowest BCUT2D eigenvalue weighted by Crippen LogP contribution is -2.35. The van der Waals surface area contributed by atoms with E-state index in [1.165, 1.54) is 0 Å². The van der Waals surface area contributed by atoms with Gasteiger partial charge in [0.05, 0.1) is 0 Å². The highest BCUT2D eigenvalue weighted by atomic mass is 16.2. The minimum atomic E-state index is -0.0610. The summed E-state index contributed by atoms with van der Waals surface area (Å²) in [5, 5.41) is 11.3. The molecule has 0 aromatic heterocycles. The van der Waals surface area contributed by atoms with Crippen molar-refractivity contribution in [3.05, 3.63) is 0 Å². The van der Waals surface area contributed by atoms with Crippen LogP contribution in [0.3, 0.4) is 0 Å². The number of aliphatic hydroxyl groups excluding tert-OH is 1. The maximum atomic E-state index is 11.3. The normalized spacial score (nSPS) is 12.5. The monoisotopic (exact) mass is 188 g/mol. The summed E-state index contributed by atoms with van der Waals surface area (Å²) in [7, 11) is 0. The van der Waals surface area contributed by atoms with Crippen molar-refractivity contribution in [2.24, 2.45) is 11.7 Å². The summed E-state index contributed by atoms with van der Waals surface area (Å²) in [4.78, 5) is 11.3. The number of hydrogen-bond donors (Lipinski definition) is 3. The summed E-state index contributed by atoms with van der Waals surface area (Å²) in [6.45, 7) is 3.17. The molecule has 0 bridgehead atoms. The van der Waals surface area contributed by atoms with E-state index in [0.717, 1.165) is 19.3 Å². The lowest BCUT2D eigenvalue weighted by molar-refractivity contribution is -0.124. The number of aliphatic hydroxyl groups is 1. The van der Waals surface area contributed by atoms with E-state index in [1.54, 1.807) is 0 Å². The third kappa shape index (κ3) is 5.60. The van der Waals surface area contributed by atoms with Gasteiger partial charge >= 0.3 is 0 Å². The van der Waals surface area contributed by atoms with Gasteiger partial charge in [0.15, 0.2) is 0 Å². The van der Waals surface area contributed by atoms with Crippen LogP contribution in [0.2, 0.25) is 0 Å². The van der Waals surface area contributed by atoms with Crippen LogP contribution in [0.25, 0.3) is 0 Å². The minimum Gasteiger partial charge on any atom is -0.396 e. The average Bonchev–Trinajstić information content (AvgIpc) is 2.14. The van der Waals surface area contributed by atoms with E-state index in [4.69, 9.17) is 10.8 Å². The Labute approximate surface area is 79.5 Å². The van der Waals surface area contributed by atoms with Crippen molar-refractivity contribution in [2.45, 2.75) is 26.2 Å². The Morgan fingerprint density at radius 1 is 1.54 bits per heavy atom. The molecule has 4 N–H and O–H groups in total. The fraction of sp³-hybridized carbons (Fsp3) is 0.889. The van der Waals surface area contributed by atoms with E-state index < -0.39 is 0 Å². The topological polar surface area (TPSA) is 75.4 Å². The Morgan fingerprint density at radius 2 is 2.23 bits per heavy atom. The molecule has 0 saturated carbocycles. The van der Waals surface area contributed by atoms with Crippen LogP contribution in [0.15, 0.2) is 0 Å². The zero-order chi connectivity index (χ0) is 10.1. The van der Waals surface area contributed by atoms with Crippen LogP contribution in [-0.2, 0) is 4.79 Å². The first-order valence-corrected chi connectivity index (χ1v) is 4.84. The second-order valence-corrected chi connectivity index (χ2v) is 3.06. The van der Waals surface area contributed by atoms with Gasteiger partial charge in [0.25, 0.3) is 0 Å². The van der Waals surface area contributed by atoms with E-state index in [2.05, 4.69) is 5.32 Å². The van der Waals surface area contributed by atoms with Crippen molar-refractivity contribution < 1.29 is 9.90 Å². The molecule has 0 aromatic rings. The molecule has 1 amide bonds. The molecule has 13 heavy (non-hydrogen) atoms. The summed E-state index contributed by atoms with van der Waals surface area (Å²) in [5.41, 5.74) is 5.41. The van der Waals surface area contributed by atoms with E-state index in [0.29, 0.717) is 13.1 Å². The molecule has 0 heterocycles. The molecule has 0 saturated heterocycles. The van der Waals surface area contributed by atoms with Gasteiger partial charge in [0.2, 0.25) is 5.91 Å². The van der Waals surface area contributed by atoms with Crippen molar-refractivity contribution in [2.75, 3.05) is 19.7 Å². The number of unbranched alkanes of at least 4 members (excludes halogenated alkanes) is 1. The van der Waals surface area contributed by atoms with Gasteiger partial charge < -0.3 is 16.2 Å². The maximum absolute atomic E-state index is 11.3. The van der Waals surface area contributed by atoms with Crippen molar-refractivity contribution in [3.63, 3.8) is 0 Å². The summed E-state index contributed by atoms with van der Waals surface area (Å²) >= 11 is 0. The standard InChI is InChI=1S/C9H20N2O2/c1-2-8(7-10)9(13)11-5-3-4-6-12/h8,12H,2-7,10H2,1H3,(H,11,13). The van der Waals surface area contributed by atoms with Crippen LogP contribution in [0, 0.1) is 5.92 Å². The number of hydrogen-bond acceptors (Lipinski definition) is 3. The Hall–Kier alpha value is -0.610. The highest BCUT2D eigenvalue weighted by molar-refractivity contribution is 5.78. The quantitative estimate of drug-likeness (QED) is 0.487. The highest BCUT2D eigenvalue weighted by Gasteiger charge is 2.12. The predicted molar refractivity (Wildman–Crippen MR) is 52.2 cm³/mol. The van der Waals surface area contributed by atoms with Crippen LogP contribution in [0.1, 0.15) is 26.2 Å². The predicted octanol–water partition coefficient (Wildman–Crippen LogP) is -0.140. The summed E-state index contributed by atoms with van der Waals surface area (Å²) < 4.78 is 0. The van der Waals surface area contributed by atoms with Crippen LogP contribution in [0.5, 0.6) is 0 Å². The molecule has 1 unspecified atom stereocenters. The number of amides is 1. The Kier molecular flexibility index (Phi) is 7.63. The van der Waals surface area contributed by atoms with Gasteiger partial charge in [-0.2, -0.15) is 0 Å². The van der Waals surface area contributed by atoms with Gasteiger partial charge in [0, 0.05) is 25.6 Å². The number of carbonyl (C=O) groups is 1. The molecule has 0 fully saturated rings. The van der Waals surface area contributed by atoms with Gasteiger partial charge in [-0.15, -0.1) is 0 Å². The van der Waals surface area contributed by atoms with Gasteiger partial charge in [-0.25, -0.2) is 0 Å². The number of nitrogens with two attached hydrogens (primary N) is 1. The molecule has 0 aromatic carbocycles. The lowest BCUT2D eigenvalue weighted by atomic mass is 10.1. The second-order valence-electron chi connectivity index (χ2n) is 3.06. The van der Waals surface area contributed by atoms with E-state index in [1.807, 2.05) is 6.92 Å². The van der Waals surface area contributed by atoms with Gasteiger partial charge in [-0.05, 0) is 19.3 Å². The Morgan fingerprint density at radius 3 is 2.69 bits per heavy atom. The molecule has 78 valence electrons. The van der Waals surface area contributed by atoms with Crippen molar-refractivity contribution in [1.82, 2.24) is 5.32 Å². The molecule has 0 spiro atoms. The van der Waals surface area contributed by atoms with Crippen molar-refractivity contribution >= 4 is 5.91 Å². The number of rotatable bonds is 7. The van der Waals surface area contributed by atoms with E-state index >= 15 is 0 Å². The minimum absolute atomic E-state index is 0.0305. The largest absolute Gasteiger partial charge is 0.396 e. The van der Waals surface area contributed by atoms with Crippen molar-refractivity contribution in [3.8, 4) is 0 Å². The second kappa shape index (κ2) is 8.01. The number of carbonyl (C=O) groups excluding carboxylic acids is 1. The molecule has 0 aliphatic heterocycles. The SMILES string of the molecule is CCC(CN)C(=O)NCCCCO. The molecule has 4 nitrogen and oxygen atoms in total. The van der Waals surface area contributed by atoms with Crippen LogP contribution >= 0.6 is 0 Å². The van der Waals surface area contributed by atoms with Crippen LogP contribution < -0.4 is 11.1 Å².